The van der Waals surface area contributed by atoms with Gasteiger partial charge in [-0.2, -0.15) is 0 Å². The van der Waals surface area contributed by atoms with Crippen LogP contribution in [-0.4, -0.2) is 24.9 Å². The Hall–Kier alpha value is -1.94. The summed E-state index contributed by atoms with van der Waals surface area (Å²) in [6.07, 6.45) is 0.452. The fourth-order valence-electron chi connectivity index (χ4n) is 2.88. The molecule has 3 rings (SSSR count). The molecule has 0 amide bonds. The molecule has 0 aliphatic carbocycles. The van der Waals surface area contributed by atoms with Gasteiger partial charge in [-0.3, -0.25) is 10.1 Å². The number of nitrogens with zero attached hydrogens (tertiary/aromatic N) is 1. The van der Waals surface area contributed by atoms with Crippen LogP contribution in [0.3, 0.4) is 0 Å². The first kappa shape index (κ1) is 19.8. The van der Waals surface area contributed by atoms with Crippen LogP contribution in [0.5, 0.6) is 0 Å². The van der Waals surface area contributed by atoms with Crippen molar-refractivity contribution in [1.82, 2.24) is 9.71 Å². The summed E-state index contributed by atoms with van der Waals surface area (Å²) in [5.74, 6) is 0. The SMILES string of the molecule is Cc1[nH]c2ccc(Br)cc2c1CCNS(=O)(=O)c1cc([N+](=O)[O-])ccc1Cl. The number of sulfonamides is 1. The number of aromatic amines is 1. The minimum absolute atomic E-state index is 0.0692. The molecule has 0 fully saturated rings. The van der Waals surface area contributed by atoms with E-state index in [2.05, 4.69) is 25.6 Å². The average Bonchev–Trinajstić information content (AvgIpc) is 2.90. The normalized spacial score (nSPS) is 11.8. The third kappa shape index (κ3) is 4.16. The molecule has 0 aliphatic heterocycles. The van der Waals surface area contributed by atoms with E-state index in [1.165, 1.54) is 6.07 Å². The molecule has 142 valence electrons. The predicted molar refractivity (Wildman–Crippen MR) is 108 cm³/mol. The van der Waals surface area contributed by atoms with E-state index in [1.54, 1.807) is 0 Å². The van der Waals surface area contributed by atoms with Gasteiger partial charge in [0.15, 0.2) is 0 Å². The number of hydrogen-bond donors (Lipinski definition) is 2. The van der Waals surface area contributed by atoms with E-state index >= 15 is 0 Å². The van der Waals surface area contributed by atoms with Crippen molar-refractivity contribution in [1.29, 1.82) is 0 Å². The highest BCUT2D eigenvalue weighted by Crippen LogP contribution is 2.27. The number of aryl methyl sites for hydroxylation is 1. The molecule has 27 heavy (non-hydrogen) atoms. The monoisotopic (exact) mass is 471 g/mol. The van der Waals surface area contributed by atoms with Crippen molar-refractivity contribution >= 4 is 54.1 Å². The summed E-state index contributed by atoms with van der Waals surface area (Å²) >= 11 is 9.37. The Kier molecular flexibility index (Phi) is 5.57. The Balaban J connectivity index is 1.81. The Morgan fingerprint density at radius 1 is 1.26 bits per heavy atom. The highest BCUT2D eigenvalue weighted by molar-refractivity contribution is 9.10. The molecule has 3 aromatic rings. The van der Waals surface area contributed by atoms with E-state index in [1.807, 2.05) is 25.1 Å². The van der Waals surface area contributed by atoms with Gasteiger partial charge in [-0.25, -0.2) is 13.1 Å². The number of rotatable bonds is 6. The lowest BCUT2D eigenvalue weighted by atomic mass is 10.1. The third-order valence-electron chi connectivity index (χ3n) is 4.16. The molecule has 0 radical (unpaired) electrons. The summed E-state index contributed by atoms with van der Waals surface area (Å²) in [5.41, 5.74) is 2.59. The second-order valence-electron chi connectivity index (χ2n) is 5.94. The number of H-pyrrole nitrogens is 1. The van der Waals surface area contributed by atoms with E-state index in [0.29, 0.717) is 6.42 Å². The lowest BCUT2D eigenvalue weighted by Crippen LogP contribution is -2.26. The molecule has 2 N–H and O–H groups in total. The quantitative estimate of drug-likeness (QED) is 0.411. The van der Waals surface area contributed by atoms with Crippen molar-refractivity contribution in [3.63, 3.8) is 0 Å². The molecule has 0 unspecified atom stereocenters. The first-order valence-electron chi connectivity index (χ1n) is 7.89. The summed E-state index contributed by atoms with van der Waals surface area (Å²) in [6.45, 7) is 2.05. The number of non-ortho nitro benzene ring substituents is 1. The number of nitrogens with one attached hydrogen (secondary N) is 2. The molecule has 7 nitrogen and oxygen atoms in total. The zero-order chi connectivity index (χ0) is 19.8. The second-order valence-corrected chi connectivity index (χ2v) is 9.00. The molecule has 10 heteroatoms. The number of benzene rings is 2. The van der Waals surface area contributed by atoms with Gasteiger partial charge in [-0.1, -0.05) is 27.5 Å². The van der Waals surface area contributed by atoms with Crippen LogP contribution in [0.2, 0.25) is 5.02 Å². The maximum absolute atomic E-state index is 12.5. The van der Waals surface area contributed by atoms with Gasteiger partial charge in [-0.05, 0) is 43.2 Å². The molecule has 0 aliphatic rings. The topological polar surface area (TPSA) is 105 Å². The van der Waals surface area contributed by atoms with E-state index < -0.39 is 14.9 Å². The summed E-state index contributed by atoms with van der Waals surface area (Å²) in [4.78, 5) is 13.2. The summed E-state index contributed by atoms with van der Waals surface area (Å²) in [7, 11) is -3.98. The van der Waals surface area contributed by atoms with Crippen LogP contribution in [0, 0.1) is 17.0 Å². The molecule has 1 aromatic heterocycles. The Bertz CT molecular complexity index is 1140. The van der Waals surface area contributed by atoms with Crippen LogP contribution in [-0.2, 0) is 16.4 Å². The van der Waals surface area contributed by atoms with Crippen LogP contribution < -0.4 is 4.72 Å². The smallest absolute Gasteiger partial charge is 0.270 e. The van der Waals surface area contributed by atoms with Crippen LogP contribution >= 0.6 is 27.5 Å². The van der Waals surface area contributed by atoms with Crippen LogP contribution in [0.15, 0.2) is 45.8 Å². The number of hydrogen-bond acceptors (Lipinski definition) is 4. The lowest BCUT2D eigenvalue weighted by Gasteiger charge is -2.09. The fraction of sp³-hybridized carbons (Fsp3) is 0.176. The number of fused-ring (bicyclic) bond motifs is 1. The van der Waals surface area contributed by atoms with Crippen LogP contribution in [0.4, 0.5) is 5.69 Å². The molecule has 2 aromatic carbocycles. The maximum Gasteiger partial charge on any atom is 0.270 e. The Morgan fingerprint density at radius 2 is 2.00 bits per heavy atom. The van der Waals surface area contributed by atoms with Crippen LogP contribution in [0.25, 0.3) is 10.9 Å². The third-order valence-corrected chi connectivity index (χ3v) is 6.60. The summed E-state index contributed by atoms with van der Waals surface area (Å²) in [5, 5.41) is 11.8. The van der Waals surface area contributed by atoms with Crippen molar-refractivity contribution in [2.24, 2.45) is 0 Å². The number of nitro groups is 1. The minimum Gasteiger partial charge on any atom is -0.358 e. The first-order valence-corrected chi connectivity index (χ1v) is 10.5. The summed E-state index contributed by atoms with van der Waals surface area (Å²) in [6, 6.07) is 9.17. The van der Waals surface area contributed by atoms with E-state index in [4.69, 9.17) is 11.6 Å². The lowest BCUT2D eigenvalue weighted by molar-refractivity contribution is -0.385. The van der Waals surface area contributed by atoms with Gasteiger partial charge in [0.05, 0.1) is 9.95 Å². The van der Waals surface area contributed by atoms with Crippen molar-refractivity contribution in [3.05, 3.63) is 67.3 Å². The Morgan fingerprint density at radius 3 is 2.70 bits per heavy atom. The van der Waals surface area contributed by atoms with E-state index in [-0.39, 0.29) is 22.2 Å². The predicted octanol–water partition coefficient (Wildman–Crippen LogP) is 4.32. The zero-order valence-corrected chi connectivity index (χ0v) is 17.3. The molecule has 1 heterocycles. The molecular weight excluding hydrogens is 458 g/mol. The Labute approximate surface area is 169 Å². The fourth-order valence-corrected chi connectivity index (χ4v) is 4.79. The van der Waals surface area contributed by atoms with E-state index in [9.17, 15) is 18.5 Å². The number of aromatic nitrogens is 1. The average molecular weight is 473 g/mol. The van der Waals surface area contributed by atoms with Crippen molar-refractivity contribution < 1.29 is 13.3 Å². The van der Waals surface area contributed by atoms with Crippen molar-refractivity contribution in [3.8, 4) is 0 Å². The largest absolute Gasteiger partial charge is 0.358 e. The van der Waals surface area contributed by atoms with Gasteiger partial charge in [-0.15, -0.1) is 0 Å². The molecular formula is C17H15BrClN3O4S. The van der Waals surface area contributed by atoms with Gasteiger partial charge < -0.3 is 4.98 Å². The van der Waals surface area contributed by atoms with Gasteiger partial charge in [0.2, 0.25) is 10.0 Å². The number of halogens is 2. The minimum atomic E-state index is -3.98. The standard InChI is InChI=1S/C17H15BrClN3O4S/c1-10-13(14-8-11(18)2-5-16(14)21-10)6-7-20-27(25,26)17-9-12(22(23)24)3-4-15(17)19/h2-5,8-9,20-21H,6-7H2,1H3. The van der Waals surface area contributed by atoms with Crippen molar-refractivity contribution in [2.45, 2.75) is 18.2 Å². The van der Waals surface area contributed by atoms with Gasteiger partial charge in [0.1, 0.15) is 4.90 Å². The van der Waals surface area contributed by atoms with Crippen molar-refractivity contribution in [2.75, 3.05) is 6.54 Å². The first-order chi connectivity index (χ1) is 12.7. The van der Waals surface area contributed by atoms with Gasteiger partial charge in [0, 0.05) is 39.7 Å². The highest BCUT2D eigenvalue weighted by atomic mass is 79.9. The number of nitro benzene ring substituents is 1. The van der Waals surface area contributed by atoms with Gasteiger partial charge >= 0.3 is 0 Å². The molecule has 0 atom stereocenters. The maximum atomic E-state index is 12.5. The zero-order valence-electron chi connectivity index (χ0n) is 14.1. The highest BCUT2D eigenvalue weighted by Gasteiger charge is 2.21. The molecule has 0 saturated heterocycles. The second kappa shape index (κ2) is 7.59. The molecule has 0 saturated carbocycles. The molecule has 0 spiro atoms. The molecule has 0 bridgehead atoms. The van der Waals surface area contributed by atoms with Crippen LogP contribution in [0.1, 0.15) is 11.3 Å². The summed E-state index contributed by atoms with van der Waals surface area (Å²) < 4.78 is 28.4. The van der Waals surface area contributed by atoms with E-state index in [0.717, 1.165) is 38.8 Å². The van der Waals surface area contributed by atoms with Gasteiger partial charge in [0.25, 0.3) is 5.69 Å².